The lowest BCUT2D eigenvalue weighted by Gasteiger charge is -2.30. The van der Waals surface area contributed by atoms with E-state index in [4.69, 9.17) is 0 Å². The molecule has 1 aromatic rings. The highest BCUT2D eigenvalue weighted by atomic mass is 32.2. The van der Waals surface area contributed by atoms with Gasteiger partial charge in [-0.05, 0) is 12.1 Å². The number of hydrogen-bond acceptors (Lipinski definition) is 5. The number of benzene rings is 1. The average molecular weight is 256 g/mol. The summed E-state index contributed by atoms with van der Waals surface area (Å²) < 4.78 is 23.2. The van der Waals surface area contributed by atoms with Crippen LogP contribution in [0.4, 0.5) is 5.69 Å². The molecule has 0 radical (unpaired) electrons. The van der Waals surface area contributed by atoms with Crippen LogP contribution >= 0.6 is 0 Å². The van der Waals surface area contributed by atoms with E-state index in [-0.39, 0.29) is 23.5 Å². The first-order valence-electron chi connectivity index (χ1n) is 4.71. The maximum atomic E-state index is 11.7. The summed E-state index contributed by atoms with van der Waals surface area (Å²) in [5.41, 5.74) is -0.0214. The van der Waals surface area contributed by atoms with E-state index >= 15 is 0 Å². The van der Waals surface area contributed by atoms with E-state index in [2.05, 4.69) is 0 Å². The van der Waals surface area contributed by atoms with Crippen LogP contribution in [0.25, 0.3) is 0 Å². The molecule has 1 aromatic carbocycles. The molecule has 1 aliphatic rings. The Morgan fingerprint density at radius 3 is 2.24 bits per heavy atom. The van der Waals surface area contributed by atoms with Crippen LogP contribution in [0.15, 0.2) is 24.3 Å². The molecule has 0 unspecified atom stereocenters. The number of nitrogens with zero attached hydrogens (tertiary/aromatic N) is 2. The maximum Gasteiger partial charge on any atom is 0.269 e. The fraction of sp³-hybridized carbons (Fsp3) is 0.222. The van der Waals surface area contributed by atoms with E-state index in [0.717, 1.165) is 4.31 Å². The number of carbonyl (C=O) groups excluding carboxylic acids is 1. The van der Waals surface area contributed by atoms with Crippen LogP contribution in [0.3, 0.4) is 0 Å². The van der Waals surface area contributed by atoms with Crippen molar-refractivity contribution in [1.82, 2.24) is 4.31 Å². The predicted octanol–water partition coefficient (Wildman–Crippen LogP) is 0.380. The number of rotatable bonds is 2. The second-order valence-corrected chi connectivity index (χ2v) is 5.51. The van der Waals surface area contributed by atoms with Gasteiger partial charge in [-0.1, -0.05) is 0 Å². The lowest BCUT2D eigenvalue weighted by atomic mass is 10.2. The van der Waals surface area contributed by atoms with Crippen molar-refractivity contribution in [3.05, 3.63) is 39.9 Å². The summed E-state index contributed by atoms with van der Waals surface area (Å²) in [6.07, 6.45) is 0. The molecule has 17 heavy (non-hydrogen) atoms. The standard InChI is InChI=1S/C9H8N2O5S/c12-9(10-5-6-17(10,15)16)7-1-3-8(4-2-7)11(13)14/h1-4H,5-6H2. The minimum absolute atomic E-state index is 0.0360. The molecule has 1 aliphatic heterocycles. The SMILES string of the molecule is O=C(c1ccc([N+](=O)[O-])cc1)N1CCS1(=O)=O. The van der Waals surface area contributed by atoms with E-state index in [1.54, 1.807) is 0 Å². The van der Waals surface area contributed by atoms with Gasteiger partial charge in [-0.2, -0.15) is 0 Å². The Balaban J connectivity index is 2.24. The number of sulfonamides is 1. The Kier molecular flexibility index (Phi) is 2.58. The third-order valence-electron chi connectivity index (χ3n) is 2.44. The normalized spacial score (nSPS) is 17.3. The van der Waals surface area contributed by atoms with E-state index < -0.39 is 20.9 Å². The summed E-state index contributed by atoms with van der Waals surface area (Å²) in [5, 5.41) is 10.4. The number of non-ortho nitro benzene ring substituents is 1. The molecule has 0 bridgehead atoms. The zero-order chi connectivity index (χ0) is 12.6. The molecule has 1 heterocycles. The summed E-state index contributed by atoms with van der Waals surface area (Å²) in [5.74, 6) is -0.683. The van der Waals surface area contributed by atoms with Gasteiger partial charge < -0.3 is 0 Å². The Morgan fingerprint density at radius 1 is 1.29 bits per heavy atom. The van der Waals surface area contributed by atoms with Gasteiger partial charge in [0.25, 0.3) is 11.6 Å². The lowest BCUT2D eigenvalue weighted by molar-refractivity contribution is -0.384. The second kappa shape index (κ2) is 3.81. The molecule has 0 atom stereocenters. The molecule has 0 saturated carbocycles. The third-order valence-corrected chi connectivity index (χ3v) is 4.16. The van der Waals surface area contributed by atoms with Gasteiger partial charge in [0, 0.05) is 17.7 Å². The highest BCUT2D eigenvalue weighted by molar-refractivity contribution is 7.90. The quantitative estimate of drug-likeness (QED) is 0.562. The maximum absolute atomic E-state index is 11.7. The van der Waals surface area contributed by atoms with Gasteiger partial charge in [0.15, 0.2) is 0 Å². The van der Waals surface area contributed by atoms with Gasteiger partial charge in [0.1, 0.15) is 0 Å². The predicted molar refractivity (Wildman–Crippen MR) is 57.9 cm³/mol. The van der Waals surface area contributed by atoms with Crippen molar-refractivity contribution in [1.29, 1.82) is 0 Å². The van der Waals surface area contributed by atoms with Gasteiger partial charge >= 0.3 is 0 Å². The first kappa shape index (κ1) is 11.5. The van der Waals surface area contributed by atoms with E-state index in [0.29, 0.717) is 0 Å². The number of nitro groups is 1. The number of amides is 1. The van der Waals surface area contributed by atoms with Crippen molar-refractivity contribution in [3.63, 3.8) is 0 Å². The second-order valence-electron chi connectivity index (χ2n) is 3.50. The van der Waals surface area contributed by atoms with Gasteiger partial charge in [0.2, 0.25) is 10.0 Å². The number of carbonyl (C=O) groups is 1. The molecule has 8 heteroatoms. The van der Waals surface area contributed by atoms with Gasteiger partial charge in [-0.3, -0.25) is 14.9 Å². The van der Waals surface area contributed by atoms with E-state index in [1.165, 1.54) is 24.3 Å². The molecule has 1 saturated heterocycles. The summed E-state index contributed by atoms with van der Waals surface area (Å²) in [4.78, 5) is 21.5. The Labute approximate surface area is 96.9 Å². The Morgan fingerprint density at radius 2 is 1.88 bits per heavy atom. The highest BCUT2D eigenvalue weighted by Crippen LogP contribution is 2.19. The van der Waals surface area contributed by atoms with Crippen molar-refractivity contribution >= 4 is 21.6 Å². The van der Waals surface area contributed by atoms with Crippen LogP contribution in [-0.2, 0) is 10.0 Å². The van der Waals surface area contributed by atoms with Crippen LogP contribution < -0.4 is 0 Å². The zero-order valence-corrected chi connectivity index (χ0v) is 9.38. The monoisotopic (exact) mass is 256 g/mol. The minimum atomic E-state index is -3.45. The van der Waals surface area contributed by atoms with E-state index in [9.17, 15) is 23.3 Å². The highest BCUT2D eigenvalue weighted by Gasteiger charge is 2.37. The first-order valence-corrected chi connectivity index (χ1v) is 6.32. The molecule has 0 spiro atoms. The largest absolute Gasteiger partial charge is 0.269 e. The van der Waals surface area contributed by atoms with Crippen LogP contribution in [0.5, 0.6) is 0 Å². The van der Waals surface area contributed by atoms with Crippen molar-refractivity contribution in [3.8, 4) is 0 Å². The molecular formula is C9H8N2O5S. The summed E-state index contributed by atoms with van der Waals surface area (Å²) >= 11 is 0. The third kappa shape index (κ3) is 1.98. The summed E-state index contributed by atoms with van der Waals surface area (Å²) in [6, 6.07) is 4.82. The zero-order valence-electron chi connectivity index (χ0n) is 8.57. The van der Waals surface area contributed by atoms with Gasteiger partial charge in [-0.25, -0.2) is 12.7 Å². The molecule has 7 nitrogen and oxygen atoms in total. The Hall–Kier alpha value is -1.96. The topological polar surface area (TPSA) is 97.6 Å². The van der Waals surface area contributed by atoms with E-state index in [1.807, 2.05) is 0 Å². The molecule has 0 aromatic heterocycles. The molecular weight excluding hydrogens is 248 g/mol. The molecule has 90 valence electrons. The van der Waals surface area contributed by atoms with Gasteiger partial charge in [0.05, 0.1) is 17.2 Å². The Bertz CT molecular complexity index is 578. The van der Waals surface area contributed by atoms with Crippen LogP contribution in [0.2, 0.25) is 0 Å². The number of nitro benzene ring substituents is 1. The van der Waals surface area contributed by atoms with Crippen LogP contribution in [-0.4, -0.2) is 35.9 Å². The molecule has 1 fully saturated rings. The molecule has 0 N–H and O–H groups in total. The fourth-order valence-electron chi connectivity index (χ4n) is 1.43. The number of hydrogen-bond donors (Lipinski definition) is 0. The van der Waals surface area contributed by atoms with Crippen molar-refractivity contribution in [2.45, 2.75) is 0 Å². The van der Waals surface area contributed by atoms with Crippen LogP contribution in [0, 0.1) is 10.1 Å². The van der Waals surface area contributed by atoms with Crippen molar-refractivity contribution in [2.24, 2.45) is 0 Å². The molecule has 1 amide bonds. The smallest absolute Gasteiger partial charge is 0.268 e. The van der Waals surface area contributed by atoms with Gasteiger partial charge in [-0.15, -0.1) is 0 Å². The average Bonchev–Trinajstić information content (AvgIpc) is 2.27. The van der Waals surface area contributed by atoms with Crippen molar-refractivity contribution < 1.29 is 18.1 Å². The fourth-order valence-corrected chi connectivity index (χ4v) is 2.45. The molecule has 0 aliphatic carbocycles. The first-order chi connectivity index (χ1) is 7.92. The lowest BCUT2D eigenvalue weighted by Crippen LogP contribution is -2.50. The summed E-state index contributed by atoms with van der Waals surface area (Å²) in [6.45, 7) is 0.165. The molecule has 2 rings (SSSR count). The van der Waals surface area contributed by atoms with Crippen LogP contribution in [0.1, 0.15) is 10.4 Å². The summed E-state index contributed by atoms with van der Waals surface area (Å²) in [7, 11) is -3.45. The minimum Gasteiger partial charge on any atom is -0.268 e. The van der Waals surface area contributed by atoms with Crippen molar-refractivity contribution in [2.75, 3.05) is 12.3 Å².